The van der Waals surface area contributed by atoms with E-state index in [1.165, 1.54) is 12.2 Å². The Morgan fingerprint density at radius 3 is 2.55 bits per heavy atom. The minimum absolute atomic E-state index is 0.0163. The smallest absolute Gasteiger partial charge is 0.331 e. The van der Waals surface area contributed by atoms with Gasteiger partial charge in [-0.1, -0.05) is 28.1 Å². The summed E-state index contributed by atoms with van der Waals surface area (Å²) in [5.74, 6) is -1.55. The van der Waals surface area contributed by atoms with Crippen LogP contribution in [-0.4, -0.2) is 35.1 Å². The maximum Gasteiger partial charge on any atom is 0.331 e. The number of rotatable bonds is 5. The monoisotopic (exact) mass is 478 g/mol. The zero-order valence-electron chi connectivity index (χ0n) is 16.1. The van der Waals surface area contributed by atoms with Gasteiger partial charge in [-0.2, -0.15) is 0 Å². The number of benzene rings is 2. The van der Waals surface area contributed by atoms with E-state index in [0.29, 0.717) is 22.1 Å². The molecule has 1 saturated heterocycles. The van der Waals surface area contributed by atoms with Gasteiger partial charge in [0.25, 0.3) is 11.8 Å². The molecule has 1 aliphatic rings. The third-order valence-electron chi connectivity index (χ3n) is 4.68. The van der Waals surface area contributed by atoms with Crippen molar-refractivity contribution in [2.24, 2.45) is 0 Å². The lowest BCUT2D eigenvalue weighted by atomic mass is 10.1. The van der Waals surface area contributed by atoms with E-state index >= 15 is 0 Å². The Morgan fingerprint density at radius 1 is 1.10 bits per heavy atom. The second kappa shape index (κ2) is 8.16. The number of urea groups is 1. The van der Waals surface area contributed by atoms with E-state index < -0.39 is 17.8 Å². The highest BCUT2D eigenvalue weighted by Crippen LogP contribution is 2.25. The van der Waals surface area contributed by atoms with Crippen LogP contribution in [0.4, 0.5) is 4.79 Å². The van der Waals surface area contributed by atoms with E-state index in [9.17, 15) is 19.2 Å². The molecule has 2 heterocycles. The predicted molar refractivity (Wildman–Crippen MR) is 117 cm³/mol. The SMILES string of the molecule is C=CCN1C(=O)NC(=O)C(=Cc2ccc3oc(C(=O)c4ccc(Br)cc4)cc3c2)C1=O. The first kappa shape index (κ1) is 20.5. The number of hydrogen-bond donors (Lipinski definition) is 1. The van der Waals surface area contributed by atoms with Crippen molar-refractivity contribution in [3.05, 3.63) is 88.1 Å². The number of nitrogens with zero attached hydrogens (tertiary/aromatic N) is 1. The molecule has 0 atom stereocenters. The van der Waals surface area contributed by atoms with Gasteiger partial charge >= 0.3 is 6.03 Å². The molecule has 3 aromatic rings. The molecular formula is C23H15BrN2O5. The van der Waals surface area contributed by atoms with Crippen LogP contribution in [0.3, 0.4) is 0 Å². The number of carbonyl (C=O) groups excluding carboxylic acids is 4. The fourth-order valence-corrected chi connectivity index (χ4v) is 3.43. The van der Waals surface area contributed by atoms with Crippen LogP contribution < -0.4 is 5.32 Å². The third kappa shape index (κ3) is 3.97. The number of halogens is 1. The Kier molecular flexibility index (Phi) is 5.39. The highest BCUT2D eigenvalue weighted by Gasteiger charge is 2.34. The molecule has 31 heavy (non-hydrogen) atoms. The minimum Gasteiger partial charge on any atom is -0.453 e. The molecule has 4 rings (SSSR count). The van der Waals surface area contributed by atoms with Crippen LogP contribution in [0.25, 0.3) is 17.0 Å². The van der Waals surface area contributed by atoms with E-state index in [1.807, 2.05) is 0 Å². The van der Waals surface area contributed by atoms with Gasteiger partial charge in [0.05, 0.1) is 0 Å². The number of carbonyl (C=O) groups is 4. The van der Waals surface area contributed by atoms with Gasteiger partial charge in [-0.05, 0) is 54.1 Å². The van der Waals surface area contributed by atoms with Gasteiger partial charge in [-0.15, -0.1) is 6.58 Å². The number of ketones is 1. The molecule has 1 aromatic heterocycles. The second-order valence-corrected chi connectivity index (χ2v) is 7.68. The van der Waals surface area contributed by atoms with E-state index in [2.05, 4.69) is 27.8 Å². The molecule has 7 nitrogen and oxygen atoms in total. The lowest BCUT2D eigenvalue weighted by Gasteiger charge is -2.25. The fourth-order valence-electron chi connectivity index (χ4n) is 3.16. The van der Waals surface area contributed by atoms with E-state index in [1.54, 1.807) is 48.5 Å². The molecule has 1 aliphatic heterocycles. The van der Waals surface area contributed by atoms with Crippen molar-refractivity contribution in [3.8, 4) is 0 Å². The number of imide groups is 2. The average Bonchev–Trinajstić information content (AvgIpc) is 3.17. The summed E-state index contributed by atoms with van der Waals surface area (Å²) < 4.78 is 6.53. The molecule has 1 N–H and O–H groups in total. The minimum atomic E-state index is -0.784. The molecule has 154 valence electrons. The van der Waals surface area contributed by atoms with Crippen LogP contribution in [-0.2, 0) is 9.59 Å². The Labute approximate surface area is 185 Å². The quantitative estimate of drug-likeness (QED) is 0.258. The molecule has 1 fully saturated rings. The third-order valence-corrected chi connectivity index (χ3v) is 5.21. The maximum absolute atomic E-state index is 12.7. The standard InChI is InChI=1S/C23H15BrN2O5/c1-2-9-26-22(29)17(21(28)25-23(26)30)11-13-3-8-18-15(10-13)12-19(31-18)20(27)14-4-6-16(24)7-5-14/h2-8,10-12H,1,9H2,(H,25,28,30). The van der Waals surface area contributed by atoms with Crippen LogP contribution in [0.5, 0.6) is 0 Å². The average molecular weight is 479 g/mol. The van der Waals surface area contributed by atoms with E-state index in [4.69, 9.17) is 4.42 Å². The van der Waals surface area contributed by atoms with E-state index in [0.717, 1.165) is 9.37 Å². The lowest BCUT2D eigenvalue weighted by molar-refractivity contribution is -0.129. The van der Waals surface area contributed by atoms with Gasteiger partial charge in [0.15, 0.2) is 5.76 Å². The van der Waals surface area contributed by atoms with Crippen molar-refractivity contribution in [1.29, 1.82) is 0 Å². The first-order valence-corrected chi connectivity index (χ1v) is 10.0. The van der Waals surface area contributed by atoms with Crippen molar-refractivity contribution in [3.63, 3.8) is 0 Å². The van der Waals surface area contributed by atoms with Crippen LogP contribution in [0.2, 0.25) is 0 Å². The van der Waals surface area contributed by atoms with Crippen molar-refractivity contribution < 1.29 is 23.6 Å². The Hall–Kier alpha value is -3.78. The normalized spacial score (nSPS) is 15.5. The number of fused-ring (bicyclic) bond motifs is 1. The number of furan rings is 1. The molecular weight excluding hydrogens is 464 g/mol. The zero-order chi connectivity index (χ0) is 22.1. The topological polar surface area (TPSA) is 96.7 Å². The molecule has 0 saturated carbocycles. The van der Waals surface area contributed by atoms with Gasteiger partial charge in [0.2, 0.25) is 5.78 Å². The van der Waals surface area contributed by atoms with Gasteiger partial charge in [0, 0.05) is 22.0 Å². The van der Waals surface area contributed by atoms with Crippen molar-refractivity contribution in [1.82, 2.24) is 10.2 Å². The van der Waals surface area contributed by atoms with Crippen LogP contribution in [0.1, 0.15) is 21.7 Å². The highest BCUT2D eigenvalue weighted by atomic mass is 79.9. The van der Waals surface area contributed by atoms with Crippen molar-refractivity contribution in [2.75, 3.05) is 6.54 Å². The molecule has 4 amide bonds. The van der Waals surface area contributed by atoms with Gasteiger partial charge in [0.1, 0.15) is 11.2 Å². The number of hydrogen-bond acceptors (Lipinski definition) is 5. The largest absolute Gasteiger partial charge is 0.453 e. The summed E-state index contributed by atoms with van der Waals surface area (Å²) in [5, 5.41) is 2.77. The number of nitrogens with one attached hydrogen (secondary N) is 1. The first-order chi connectivity index (χ1) is 14.9. The molecule has 0 bridgehead atoms. The zero-order valence-corrected chi connectivity index (χ0v) is 17.6. The van der Waals surface area contributed by atoms with Gasteiger partial charge < -0.3 is 4.42 Å². The fraction of sp³-hybridized carbons (Fsp3) is 0.0435. The maximum atomic E-state index is 12.7. The molecule has 0 radical (unpaired) electrons. The van der Waals surface area contributed by atoms with Gasteiger partial charge in [-0.3, -0.25) is 24.6 Å². The summed E-state index contributed by atoms with van der Waals surface area (Å²) in [4.78, 5) is 50.1. The molecule has 8 heteroatoms. The Balaban J connectivity index is 1.66. The van der Waals surface area contributed by atoms with Crippen molar-refractivity contribution in [2.45, 2.75) is 0 Å². The Morgan fingerprint density at radius 2 is 1.84 bits per heavy atom. The number of amides is 4. The van der Waals surface area contributed by atoms with Crippen LogP contribution in [0.15, 0.2) is 75.6 Å². The molecule has 0 aliphatic carbocycles. The van der Waals surface area contributed by atoms with E-state index in [-0.39, 0.29) is 23.7 Å². The number of barbiturate groups is 1. The van der Waals surface area contributed by atoms with Gasteiger partial charge in [-0.25, -0.2) is 4.79 Å². The summed E-state index contributed by atoms with van der Waals surface area (Å²) >= 11 is 3.33. The Bertz CT molecular complexity index is 1290. The first-order valence-electron chi connectivity index (χ1n) is 9.21. The summed E-state index contributed by atoms with van der Waals surface area (Å²) in [6, 6.07) is 12.8. The van der Waals surface area contributed by atoms with Crippen LogP contribution in [0, 0.1) is 0 Å². The summed E-state index contributed by atoms with van der Waals surface area (Å²) in [7, 11) is 0. The highest BCUT2D eigenvalue weighted by molar-refractivity contribution is 9.10. The molecule has 0 spiro atoms. The summed E-state index contributed by atoms with van der Waals surface area (Å²) in [5.41, 5.74) is 1.35. The van der Waals surface area contributed by atoms with Crippen LogP contribution >= 0.6 is 15.9 Å². The predicted octanol–water partition coefficient (Wildman–Crippen LogP) is 4.07. The lowest BCUT2D eigenvalue weighted by Crippen LogP contribution is -2.54. The van der Waals surface area contributed by atoms with Crippen molar-refractivity contribution >= 4 is 56.6 Å². The summed E-state index contributed by atoms with van der Waals surface area (Å²) in [6.07, 6.45) is 2.79. The molecule has 2 aromatic carbocycles. The molecule has 0 unspecified atom stereocenters. The summed E-state index contributed by atoms with van der Waals surface area (Å²) in [6.45, 7) is 3.49. The second-order valence-electron chi connectivity index (χ2n) is 6.77.